The van der Waals surface area contributed by atoms with E-state index in [4.69, 9.17) is 0 Å². The Morgan fingerprint density at radius 3 is 2.29 bits per heavy atom. The number of halogens is 4. The molecule has 1 rings (SSSR count). The van der Waals surface area contributed by atoms with E-state index in [1.165, 1.54) is 0 Å². The Hall–Kier alpha value is -1.59. The Morgan fingerprint density at radius 2 is 1.82 bits per heavy atom. The van der Waals surface area contributed by atoms with Crippen LogP contribution < -0.4 is 5.32 Å². The van der Waals surface area contributed by atoms with Gasteiger partial charge in [-0.15, -0.1) is 0 Å². The summed E-state index contributed by atoms with van der Waals surface area (Å²) in [6.07, 6.45) is -8.63. The maximum absolute atomic E-state index is 12.5. The number of amides is 1. The van der Waals surface area contributed by atoms with Crippen LogP contribution in [-0.2, 0) is 11.3 Å². The summed E-state index contributed by atoms with van der Waals surface area (Å²) in [5, 5.41) is 1.89. The minimum atomic E-state index is -5.16. The fraction of sp³-hybridized carbons (Fsp3) is 0.364. The number of alkyl halides is 4. The number of aryl methyl sites for hydroxylation is 1. The summed E-state index contributed by atoms with van der Waals surface area (Å²) in [5.41, 5.74) is 1.59. The van der Waals surface area contributed by atoms with E-state index in [0.29, 0.717) is 5.56 Å². The SMILES string of the molecule is Cc1ccc(CNC(=O)[C@H](F)C(F)(F)F)cc1. The lowest BCUT2D eigenvalue weighted by atomic mass is 10.1. The molecule has 0 spiro atoms. The standard InChI is InChI=1S/C11H11F4NO/c1-7-2-4-8(5-3-7)6-16-10(17)9(12)11(13,14)15/h2-5,9H,6H2,1H3,(H,16,17)/t9-/m0/s1. The van der Waals surface area contributed by atoms with Gasteiger partial charge in [0.2, 0.25) is 0 Å². The number of rotatable bonds is 3. The summed E-state index contributed by atoms with van der Waals surface area (Å²) in [4.78, 5) is 10.8. The van der Waals surface area contributed by atoms with Crippen LogP contribution in [0.25, 0.3) is 0 Å². The third-order valence-electron chi connectivity index (χ3n) is 2.10. The zero-order valence-electron chi connectivity index (χ0n) is 9.01. The summed E-state index contributed by atoms with van der Waals surface area (Å²) in [6, 6.07) is 6.79. The summed E-state index contributed by atoms with van der Waals surface area (Å²) < 4.78 is 48.1. The molecule has 2 nitrogen and oxygen atoms in total. The number of carbonyl (C=O) groups excluding carboxylic acids is 1. The van der Waals surface area contributed by atoms with Crippen LogP contribution in [0.3, 0.4) is 0 Å². The van der Waals surface area contributed by atoms with Gasteiger partial charge in [0.15, 0.2) is 0 Å². The van der Waals surface area contributed by atoms with E-state index in [9.17, 15) is 22.4 Å². The van der Waals surface area contributed by atoms with E-state index in [2.05, 4.69) is 0 Å². The zero-order chi connectivity index (χ0) is 13.1. The molecule has 94 valence electrons. The highest BCUT2D eigenvalue weighted by Gasteiger charge is 2.45. The van der Waals surface area contributed by atoms with Crippen molar-refractivity contribution in [1.82, 2.24) is 5.32 Å². The van der Waals surface area contributed by atoms with E-state index in [1.807, 2.05) is 12.2 Å². The third-order valence-corrected chi connectivity index (χ3v) is 2.10. The van der Waals surface area contributed by atoms with E-state index in [0.717, 1.165) is 5.56 Å². The molecule has 1 aromatic carbocycles. The number of carbonyl (C=O) groups is 1. The molecule has 0 saturated heterocycles. The predicted molar refractivity (Wildman–Crippen MR) is 54.0 cm³/mol. The highest BCUT2D eigenvalue weighted by Crippen LogP contribution is 2.22. The molecule has 0 radical (unpaired) electrons. The Morgan fingerprint density at radius 1 is 1.29 bits per heavy atom. The maximum Gasteiger partial charge on any atom is 0.428 e. The van der Waals surface area contributed by atoms with Crippen LogP contribution in [0, 0.1) is 6.92 Å². The average Bonchev–Trinajstić information content (AvgIpc) is 2.25. The molecular weight excluding hydrogens is 238 g/mol. The molecule has 0 fully saturated rings. The van der Waals surface area contributed by atoms with Gasteiger partial charge in [-0.25, -0.2) is 4.39 Å². The van der Waals surface area contributed by atoms with Gasteiger partial charge in [0.1, 0.15) is 0 Å². The van der Waals surface area contributed by atoms with Crippen molar-refractivity contribution in [3.05, 3.63) is 35.4 Å². The number of hydrogen-bond acceptors (Lipinski definition) is 1. The summed E-state index contributed by atoms with van der Waals surface area (Å²) in [6.45, 7) is 1.72. The Balaban J connectivity index is 2.51. The first-order chi connectivity index (χ1) is 7.80. The lowest BCUT2D eigenvalue weighted by Crippen LogP contribution is -2.40. The van der Waals surface area contributed by atoms with Crippen LogP contribution in [0.2, 0.25) is 0 Å². The predicted octanol–water partition coefficient (Wildman–Crippen LogP) is 2.51. The molecule has 1 N–H and O–H groups in total. The molecule has 1 aromatic rings. The van der Waals surface area contributed by atoms with Crippen LogP contribution in [-0.4, -0.2) is 18.3 Å². The molecule has 0 aromatic heterocycles. The second-order valence-corrected chi connectivity index (χ2v) is 3.61. The molecule has 0 unspecified atom stereocenters. The van der Waals surface area contributed by atoms with Crippen LogP contribution in [0.1, 0.15) is 11.1 Å². The molecular formula is C11H11F4NO. The molecule has 0 aliphatic heterocycles. The maximum atomic E-state index is 12.5. The first-order valence-electron chi connectivity index (χ1n) is 4.85. The summed E-state index contributed by atoms with van der Waals surface area (Å²) in [5.74, 6) is -1.67. The van der Waals surface area contributed by atoms with Crippen molar-refractivity contribution in [2.45, 2.75) is 25.8 Å². The molecule has 0 saturated carbocycles. The van der Waals surface area contributed by atoms with Gasteiger partial charge in [-0.2, -0.15) is 13.2 Å². The lowest BCUT2D eigenvalue weighted by molar-refractivity contribution is -0.186. The molecule has 0 bridgehead atoms. The van der Waals surface area contributed by atoms with Gasteiger partial charge in [0, 0.05) is 6.54 Å². The molecule has 6 heteroatoms. The zero-order valence-corrected chi connectivity index (χ0v) is 9.01. The van der Waals surface area contributed by atoms with Crippen molar-refractivity contribution >= 4 is 5.91 Å². The average molecular weight is 249 g/mol. The van der Waals surface area contributed by atoms with Crippen LogP contribution in [0.5, 0.6) is 0 Å². The van der Waals surface area contributed by atoms with Gasteiger partial charge in [-0.05, 0) is 12.5 Å². The van der Waals surface area contributed by atoms with Gasteiger partial charge < -0.3 is 5.32 Å². The Labute approximate surface area is 95.6 Å². The molecule has 1 atom stereocenters. The summed E-state index contributed by atoms with van der Waals surface area (Å²) >= 11 is 0. The fourth-order valence-electron chi connectivity index (χ4n) is 1.13. The minimum Gasteiger partial charge on any atom is -0.349 e. The quantitative estimate of drug-likeness (QED) is 0.819. The minimum absolute atomic E-state index is 0.129. The Kier molecular flexibility index (Phi) is 4.09. The molecule has 0 aliphatic carbocycles. The van der Waals surface area contributed by atoms with Crippen molar-refractivity contribution < 1.29 is 22.4 Å². The molecule has 17 heavy (non-hydrogen) atoms. The molecule has 0 heterocycles. The Bertz CT molecular complexity index is 385. The number of hydrogen-bond donors (Lipinski definition) is 1. The van der Waals surface area contributed by atoms with Gasteiger partial charge in [-0.1, -0.05) is 29.8 Å². The van der Waals surface area contributed by atoms with Crippen molar-refractivity contribution in [2.24, 2.45) is 0 Å². The van der Waals surface area contributed by atoms with Gasteiger partial charge >= 0.3 is 6.18 Å². The third kappa shape index (κ3) is 4.05. The largest absolute Gasteiger partial charge is 0.428 e. The second-order valence-electron chi connectivity index (χ2n) is 3.61. The van der Waals surface area contributed by atoms with Crippen molar-refractivity contribution in [2.75, 3.05) is 0 Å². The molecule has 0 aliphatic rings. The monoisotopic (exact) mass is 249 g/mol. The van der Waals surface area contributed by atoms with E-state index >= 15 is 0 Å². The smallest absolute Gasteiger partial charge is 0.349 e. The van der Waals surface area contributed by atoms with Gasteiger partial charge in [-0.3, -0.25) is 4.79 Å². The number of benzene rings is 1. The van der Waals surface area contributed by atoms with Gasteiger partial charge in [0.05, 0.1) is 0 Å². The second kappa shape index (κ2) is 5.16. The van der Waals surface area contributed by atoms with Crippen LogP contribution in [0.4, 0.5) is 17.6 Å². The summed E-state index contributed by atoms with van der Waals surface area (Å²) in [7, 11) is 0. The van der Waals surface area contributed by atoms with Crippen molar-refractivity contribution in [1.29, 1.82) is 0 Å². The van der Waals surface area contributed by atoms with Crippen LogP contribution in [0.15, 0.2) is 24.3 Å². The fourth-order valence-corrected chi connectivity index (χ4v) is 1.13. The van der Waals surface area contributed by atoms with Gasteiger partial charge in [0.25, 0.3) is 12.1 Å². The normalized spacial score (nSPS) is 13.2. The molecule has 1 amide bonds. The van der Waals surface area contributed by atoms with E-state index in [-0.39, 0.29) is 6.54 Å². The van der Waals surface area contributed by atoms with E-state index < -0.39 is 18.3 Å². The van der Waals surface area contributed by atoms with Crippen LogP contribution >= 0.6 is 0 Å². The van der Waals surface area contributed by atoms with Crippen molar-refractivity contribution in [3.63, 3.8) is 0 Å². The first kappa shape index (κ1) is 13.5. The van der Waals surface area contributed by atoms with E-state index in [1.54, 1.807) is 24.3 Å². The highest BCUT2D eigenvalue weighted by atomic mass is 19.4. The lowest BCUT2D eigenvalue weighted by Gasteiger charge is -2.12. The first-order valence-corrected chi connectivity index (χ1v) is 4.85. The topological polar surface area (TPSA) is 29.1 Å². The number of nitrogens with one attached hydrogen (secondary N) is 1. The highest BCUT2D eigenvalue weighted by molar-refractivity contribution is 5.81. The van der Waals surface area contributed by atoms with Crippen molar-refractivity contribution in [3.8, 4) is 0 Å².